The van der Waals surface area contributed by atoms with E-state index in [1.54, 1.807) is 24.2 Å². The van der Waals surface area contributed by atoms with Crippen molar-refractivity contribution >= 4 is 46.2 Å². The quantitative estimate of drug-likeness (QED) is 0.758. The van der Waals surface area contributed by atoms with Gasteiger partial charge in [0.05, 0.1) is 5.52 Å². The molecule has 110 valence electrons. The molecule has 1 aliphatic heterocycles. The van der Waals surface area contributed by atoms with Gasteiger partial charge in [0.15, 0.2) is 5.50 Å². The number of aliphatic imine (C=N–C) groups is 1. The van der Waals surface area contributed by atoms with Crippen molar-refractivity contribution in [3.05, 3.63) is 42.2 Å². The third-order valence-electron chi connectivity index (χ3n) is 3.67. The van der Waals surface area contributed by atoms with Gasteiger partial charge in [0.2, 0.25) is 5.95 Å². The number of hydrogen-bond acceptors (Lipinski definition) is 6. The summed E-state index contributed by atoms with van der Waals surface area (Å²) < 4.78 is 1.88. The molecule has 0 saturated heterocycles. The van der Waals surface area contributed by atoms with E-state index >= 15 is 0 Å². The molecule has 6 nitrogen and oxygen atoms in total. The average Bonchev–Trinajstić information content (AvgIpc) is 2.90. The second kappa shape index (κ2) is 5.03. The summed E-state index contributed by atoms with van der Waals surface area (Å²) in [6, 6.07) is 5.93. The van der Waals surface area contributed by atoms with E-state index in [-0.39, 0.29) is 5.50 Å². The predicted molar refractivity (Wildman–Crippen MR) is 91.8 cm³/mol. The highest BCUT2D eigenvalue weighted by Crippen LogP contribution is 2.32. The number of fused-ring (bicyclic) bond motifs is 3. The van der Waals surface area contributed by atoms with Gasteiger partial charge < -0.3 is 11.1 Å². The highest BCUT2D eigenvalue weighted by molar-refractivity contribution is 7.99. The SMILES string of the molecule is CSC1N=CC=C(c2c3cccnc3n3c(N)nccc23)N1. The summed E-state index contributed by atoms with van der Waals surface area (Å²) in [5, 5.41) is 4.47. The molecule has 0 bridgehead atoms. The number of nitrogens with zero attached hydrogens (tertiary/aromatic N) is 4. The molecule has 0 aromatic carbocycles. The second-order valence-corrected chi connectivity index (χ2v) is 5.80. The summed E-state index contributed by atoms with van der Waals surface area (Å²) in [7, 11) is 0. The van der Waals surface area contributed by atoms with Crippen LogP contribution in [0.25, 0.3) is 22.2 Å². The van der Waals surface area contributed by atoms with Gasteiger partial charge in [0.25, 0.3) is 0 Å². The number of hydrogen-bond donors (Lipinski definition) is 2. The Morgan fingerprint density at radius 2 is 2.18 bits per heavy atom. The summed E-state index contributed by atoms with van der Waals surface area (Å²) >= 11 is 1.65. The number of aromatic nitrogens is 3. The average molecular weight is 310 g/mol. The summed E-state index contributed by atoms with van der Waals surface area (Å²) in [6.45, 7) is 0. The van der Waals surface area contributed by atoms with Crippen molar-refractivity contribution in [2.45, 2.75) is 5.50 Å². The third kappa shape index (κ3) is 1.86. The molecule has 3 aromatic heterocycles. The second-order valence-electron chi connectivity index (χ2n) is 4.88. The largest absolute Gasteiger partial charge is 0.369 e. The van der Waals surface area contributed by atoms with E-state index in [0.717, 1.165) is 27.8 Å². The molecule has 1 unspecified atom stereocenters. The minimum atomic E-state index is 0.0147. The number of rotatable bonds is 2. The maximum atomic E-state index is 6.06. The summed E-state index contributed by atoms with van der Waals surface area (Å²) in [5.74, 6) is 0.430. The third-order valence-corrected chi connectivity index (χ3v) is 4.35. The molecule has 0 radical (unpaired) electrons. The van der Waals surface area contributed by atoms with Gasteiger partial charge in [0.1, 0.15) is 5.65 Å². The van der Waals surface area contributed by atoms with E-state index in [4.69, 9.17) is 5.73 Å². The van der Waals surface area contributed by atoms with Crippen LogP contribution < -0.4 is 11.1 Å². The van der Waals surface area contributed by atoms with Crippen LogP contribution in [0.15, 0.2) is 41.7 Å². The first-order valence-electron chi connectivity index (χ1n) is 6.82. The lowest BCUT2D eigenvalue weighted by Crippen LogP contribution is -2.25. The molecule has 4 heterocycles. The number of nitrogens with two attached hydrogens (primary N) is 1. The topological polar surface area (TPSA) is 80.6 Å². The van der Waals surface area contributed by atoms with Gasteiger partial charge in [0, 0.05) is 35.3 Å². The van der Waals surface area contributed by atoms with Gasteiger partial charge >= 0.3 is 0 Å². The van der Waals surface area contributed by atoms with Crippen LogP contribution in [0.3, 0.4) is 0 Å². The van der Waals surface area contributed by atoms with Crippen LogP contribution in [0.5, 0.6) is 0 Å². The van der Waals surface area contributed by atoms with E-state index in [0.29, 0.717) is 5.95 Å². The number of nitrogens with one attached hydrogen (secondary N) is 1. The van der Waals surface area contributed by atoms with Crippen molar-refractivity contribution in [1.29, 1.82) is 0 Å². The maximum absolute atomic E-state index is 6.06. The fraction of sp³-hybridized carbons (Fsp3) is 0.133. The van der Waals surface area contributed by atoms with Crippen LogP contribution >= 0.6 is 11.8 Å². The van der Waals surface area contributed by atoms with Crippen molar-refractivity contribution in [3.63, 3.8) is 0 Å². The van der Waals surface area contributed by atoms with Gasteiger partial charge in [-0.15, -0.1) is 11.8 Å². The van der Waals surface area contributed by atoms with Crippen molar-refractivity contribution in [1.82, 2.24) is 19.7 Å². The zero-order valence-corrected chi connectivity index (χ0v) is 12.7. The van der Waals surface area contributed by atoms with E-state index < -0.39 is 0 Å². The van der Waals surface area contributed by atoms with Gasteiger partial charge in [-0.2, -0.15) is 0 Å². The van der Waals surface area contributed by atoms with Gasteiger partial charge in [-0.3, -0.25) is 9.39 Å². The molecule has 1 atom stereocenters. The Labute approximate surface area is 131 Å². The Morgan fingerprint density at radius 3 is 3.05 bits per heavy atom. The molecule has 3 aromatic rings. The Bertz CT molecular complexity index is 926. The van der Waals surface area contributed by atoms with Gasteiger partial charge in [-0.1, -0.05) is 0 Å². The molecule has 1 aliphatic rings. The van der Waals surface area contributed by atoms with Crippen LogP contribution in [0.4, 0.5) is 5.95 Å². The molecule has 0 saturated carbocycles. The highest BCUT2D eigenvalue weighted by atomic mass is 32.2. The standard InChI is InChI=1S/C15H14N6S/c1-22-15-19-7-4-10(20-15)12-9-3-2-6-17-13(9)21-11(12)5-8-18-14(21)16/h2-8,15,20H,1H3,(H2,16,18). The van der Waals surface area contributed by atoms with E-state index in [9.17, 15) is 0 Å². The molecular formula is C15H14N6S. The lowest BCUT2D eigenvalue weighted by Gasteiger charge is -2.19. The first-order chi connectivity index (χ1) is 10.8. The Morgan fingerprint density at radius 1 is 1.27 bits per heavy atom. The van der Waals surface area contributed by atoms with Crippen molar-refractivity contribution in [3.8, 4) is 0 Å². The molecule has 0 aliphatic carbocycles. The summed E-state index contributed by atoms with van der Waals surface area (Å²) in [4.78, 5) is 13.0. The van der Waals surface area contributed by atoms with Crippen LogP contribution in [-0.2, 0) is 0 Å². The molecule has 3 N–H and O–H groups in total. The fourth-order valence-corrected chi connectivity index (χ4v) is 3.18. The lowest BCUT2D eigenvalue weighted by atomic mass is 10.1. The first kappa shape index (κ1) is 13.1. The highest BCUT2D eigenvalue weighted by Gasteiger charge is 2.20. The smallest absolute Gasteiger partial charge is 0.206 e. The lowest BCUT2D eigenvalue weighted by molar-refractivity contribution is 0.839. The molecule has 0 amide bonds. The number of thioether (sulfide) groups is 1. The predicted octanol–water partition coefficient (Wildman–Crippen LogP) is 2.13. The number of allylic oxidation sites excluding steroid dienone is 1. The van der Waals surface area contributed by atoms with Crippen molar-refractivity contribution in [2.75, 3.05) is 12.0 Å². The van der Waals surface area contributed by atoms with Crippen LogP contribution in [0, 0.1) is 0 Å². The molecule has 0 fully saturated rings. The summed E-state index contributed by atoms with van der Waals surface area (Å²) in [6.07, 6.45) is 9.32. The zero-order valence-electron chi connectivity index (χ0n) is 11.9. The molecule has 0 spiro atoms. The Balaban J connectivity index is 2.06. The number of anilines is 1. The molecule has 7 heteroatoms. The molecule has 22 heavy (non-hydrogen) atoms. The van der Waals surface area contributed by atoms with Gasteiger partial charge in [-0.25, -0.2) is 9.97 Å². The Kier molecular flexibility index (Phi) is 3.00. The monoisotopic (exact) mass is 310 g/mol. The molecule has 4 rings (SSSR count). The summed E-state index contributed by atoms with van der Waals surface area (Å²) in [5.41, 5.74) is 9.95. The van der Waals surface area contributed by atoms with Crippen LogP contribution in [-0.4, -0.2) is 32.3 Å². The number of nitrogen functional groups attached to an aromatic ring is 1. The van der Waals surface area contributed by atoms with E-state index in [1.165, 1.54) is 0 Å². The molecular weight excluding hydrogens is 296 g/mol. The van der Waals surface area contributed by atoms with E-state index in [1.807, 2.05) is 41.1 Å². The maximum Gasteiger partial charge on any atom is 0.206 e. The van der Waals surface area contributed by atoms with Crippen molar-refractivity contribution < 1.29 is 0 Å². The van der Waals surface area contributed by atoms with Crippen LogP contribution in [0.2, 0.25) is 0 Å². The van der Waals surface area contributed by atoms with Crippen molar-refractivity contribution in [2.24, 2.45) is 4.99 Å². The number of pyridine rings is 1. The normalized spacial score (nSPS) is 17.7. The van der Waals surface area contributed by atoms with Crippen LogP contribution in [0.1, 0.15) is 5.56 Å². The van der Waals surface area contributed by atoms with Gasteiger partial charge in [-0.05, 0) is 30.5 Å². The van der Waals surface area contributed by atoms with E-state index in [2.05, 4.69) is 20.3 Å². The first-order valence-corrected chi connectivity index (χ1v) is 8.11. The fourth-order valence-electron chi connectivity index (χ4n) is 2.74. The zero-order chi connectivity index (χ0) is 15.1. The minimum Gasteiger partial charge on any atom is -0.369 e. The Hall–Kier alpha value is -2.54. The minimum absolute atomic E-state index is 0.0147.